The second-order valence-electron chi connectivity index (χ2n) is 6.15. The third-order valence-corrected chi connectivity index (χ3v) is 12.9. The van der Waals surface area contributed by atoms with Crippen LogP contribution in [0.25, 0.3) is 0 Å². The van der Waals surface area contributed by atoms with Gasteiger partial charge in [-0.15, -0.1) is 0 Å². The van der Waals surface area contributed by atoms with E-state index < -0.39 is 21.3 Å². The molecule has 2 aromatic carbocycles. The summed E-state index contributed by atoms with van der Waals surface area (Å²) in [4.78, 5) is 0. The predicted molar refractivity (Wildman–Crippen MR) is 100 cm³/mol. The van der Waals surface area contributed by atoms with Crippen molar-refractivity contribution < 1.29 is 46.1 Å². The van der Waals surface area contributed by atoms with Gasteiger partial charge < -0.3 is 24.8 Å². The fourth-order valence-corrected chi connectivity index (χ4v) is 11.9. The van der Waals surface area contributed by atoms with E-state index in [1.165, 1.54) is 11.1 Å². The van der Waals surface area contributed by atoms with Gasteiger partial charge in [0.25, 0.3) is 0 Å². The molecule has 2 aliphatic carbocycles. The fourth-order valence-electron chi connectivity index (χ4n) is 3.54. The quantitative estimate of drug-likeness (QED) is 0.591. The third-order valence-electron chi connectivity index (χ3n) is 4.63. The summed E-state index contributed by atoms with van der Waals surface area (Å²) in [6.07, 6.45) is 18.6. The number of halogens is 2. The number of hydrogen-bond acceptors (Lipinski definition) is 0. The Balaban J connectivity index is 0.00000121. The molecule has 2 aromatic rings. The van der Waals surface area contributed by atoms with E-state index in [0.29, 0.717) is 7.25 Å². The third kappa shape index (κ3) is 4.52. The molecule has 0 radical (unpaired) electrons. The monoisotopic (exact) mass is 456 g/mol. The van der Waals surface area contributed by atoms with Crippen molar-refractivity contribution in [3.05, 3.63) is 120 Å². The largest absolute Gasteiger partial charge is 1.00 e. The van der Waals surface area contributed by atoms with Gasteiger partial charge in [0.2, 0.25) is 0 Å². The van der Waals surface area contributed by atoms with Crippen LogP contribution in [0.3, 0.4) is 0 Å². The molecule has 0 aromatic heterocycles. The molecule has 0 saturated carbocycles. The number of rotatable bonds is 4. The maximum atomic E-state index is 2.42. The van der Waals surface area contributed by atoms with E-state index >= 15 is 0 Å². The van der Waals surface area contributed by atoms with Gasteiger partial charge in [-0.05, 0) is 0 Å². The average Bonchev–Trinajstić information content (AvgIpc) is 3.35. The van der Waals surface area contributed by atoms with Gasteiger partial charge in [0.15, 0.2) is 0 Å². The van der Waals surface area contributed by atoms with Crippen LogP contribution >= 0.6 is 0 Å². The van der Waals surface area contributed by atoms with Crippen LogP contribution < -0.4 is 24.8 Å². The Morgan fingerprint density at radius 2 is 0.885 bits per heavy atom. The molecule has 0 atom stereocenters. The van der Waals surface area contributed by atoms with E-state index in [4.69, 9.17) is 0 Å². The van der Waals surface area contributed by atoms with Gasteiger partial charge >= 0.3 is 152 Å². The maximum Gasteiger partial charge on any atom is -1.00 e. The van der Waals surface area contributed by atoms with Crippen molar-refractivity contribution in [2.24, 2.45) is 0 Å². The number of allylic oxidation sites excluding steroid dienone is 8. The van der Waals surface area contributed by atoms with E-state index in [1.807, 2.05) is 0 Å². The van der Waals surface area contributed by atoms with Crippen LogP contribution in [0.2, 0.25) is 7.25 Å². The zero-order chi connectivity index (χ0) is 16.2. The fraction of sp³-hybridized carbons (Fsp3) is 0.0870. The van der Waals surface area contributed by atoms with Crippen molar-refractivity contribution in [1.82, 2.24) is 0 Å². The van der Waals surface area contributed by atoms with Crippen LogP contribution in [0.15, 0.2) is 109 Å². The van der Waals surface area contributed by atoms with Crippen LogP contribution in [0.4, 0.5) is 0 Å². The number of benzene rings is 2. The minimum absolute atomic E-state index is 0. The topological polar surface area (TPSA) is 0 Å². The van der Waals surface area contributed by atoms with Crippen LogP contribution in [0.1, 0.15) is 11.1 Å². The van der Waals surface area contributed by atoms with Crippen molar-refractivity contribution in [2.45, 2.75) is 7.25 Å². The van der Waals surface area contributed by atoms with E-state index in [-0.39, 0.29) is 24.8 Å². The normalized spacial score (nSPS) is 14.6. The SMILES string of the molecule is C1=C[CH]([Zr+2](=[C](c2ccccc2)c2ccccc2)[CH]2C=CC=C2)C=C1.[Cl-].[Cl-]. The molecule has 0 bridgehead atoms. The van der Waals surface area contributed by atoms with E-state index in [2.05, 4.69) is 109 Å². The predicted octanol–water partition coefficient (Wildman–Crippen LogP) is -0.289. The average molecular weight is 459 g/mol. The Kier molecular flexibility index (Phi) is 8.23. The molecule has 26 heavy (non-hydrogen) atoms. The second kappa shape index (κ2) is 10.2. The molecule has 3 heteroatoms. The smallest absolute Gasteiger partial charge is 1.00 e. The van der Waals surface area contributed by atoms with Crippen molar-refractivity contribution in [3.8, 4) is 0 Å². The molecule has 0 saturated heterocycles. The summed E-state index contributed by atoms with van der Waals surface area (Å²) in [5.74, 6) is 0. The van der Waals surface area contributed by atoms with Gasteiger partial charge in [-0.25, -0.2) is 0 Å². The zero-order valence-corrected chi connectivity index (χ0v) is 18.3. The minimum atomic E-state index is -2.06. The molecule has 0 fully saturated rings. The molecule has 0 amide bonds. The Hall–Kier alpha value is -1.27. The first kappa shape index (κ1) is 21.0. The van der Waals surface area contributed by atoms with Gasteiger partial charge in [0.05, 0.1) is 0 Å². The maximum absolute atomic E-state index is 2.42. The molecule has 4 rings (SSSR count). The van der Waals surface area contributed by atoms with Crippen LogP contribution in [-0.4, -0.2) is 3.21 Å². The van der Waals surface area contributed by atoms with Crippen LogP contribution in [0.5, 0.6) is 0 Å². The van der Waals surface area contributed by atoms with Gasteiger partial charge in [-0.1, -0.05) is 0 Å². The summed E-state index contributed by atoms with van der Waals surface area (Å²) in [5.41, 5.74) is 2.81. The van der Waals surface area contributed by atoms with E-state index in [1.54, 1.807) is 3.21 Å². The molecule has 0 spiro atoms. The van der Waals surface area contributed by atoms with Gasteiger partial charge in [-0.3, -0.25) is 0 Å². The van der Waals surface area contributed by atoms with Crippen molar-refractivity contribution in [2.75, 3.05) is 0 Å². The molecule has 0 nitrogen and oxygen atoms in total. The molecule has 0 heterocycles. The molecule has 0 N–H and O–H groups in total. The van der Waals surface area contributed by atoms with Crippen molar-refractivity contribution in [3.63, 3.8) is 0 Å². The second-order valence-corrected chi connectivity index (χ2v) is 12.9. The Bertz CT molecular complexity index is 766. The Morgan fingerprint density at radius 3 is 1.23 bits per heavy atom. The summed E-state index contributed by atoms with van der Waals surface area (Å²) in [6, 6.07) is 22.0. The van der Waals surface area contributed by atoms with E-state index in [9.17, 15) is 0 Å². The van der Waals surface area contributed by atoms with Crippen LogP contribution in [-0.2, 0) is 21.3 Å². The van der Waals surface area contributed by atoms with Gasteiger partial charge in [-0.2, -0.15) is 0 Å². The van der Waals surface area contributed by atoms with Gasteiger partial charge in [0.1, 0.15) is 0 Å². The molecule has 2 aliphatic rings. The first-order chi connectivity index (χ1) is 11.9. The Morgan fingerprint density at radius 1 is 0.538 bits per heavy atom. The Labute approximate surface area is 176 Å². The zero-order valence-electron chi connectivity index (χ0n) is 14.3. The summed E-state index contributed by atoms with van der Waals surface area (Å²) < 4.78 is 2.88. The summed E-state index contributed by atoms with van der Waals surface area (Å²) in [7, 11) is 0. The number of hydrogen-bond donors (Lipinski definition) is 0. The van der Waals surface area contributed by atoms with Crippen molar-refractivity contribution >= 4 is 3.21 Å². The standard InChI is InChI=1S/C13H10.2C5H5.2ClH.Zr/c1-3-7-12(8-4-1)11-13-9-5-2-6-10-13;2*1-2-4-5-3-1;;;/h1-10H;2*1-5H;2*1H;/q;;;;;+2/p-2. The summed E-state index contributed by atoms with van der Waals surface area (Å²) in [6.45, 7) is 0. The summed E-state index contributed by atoms with van der Waals surface area (Å²) >= 11 is -2.06. The first-order valence-corrected chi connectivity index (χ1v) is 12.5. The molecule has 130 valence electrons. The van der Waals surface area contributed by atoms with E-state index in [0.717, 1.165) is 0 Å². The molecule has 0 aliphatic heterocycles. The summed E-state index contributed by atoms with van der Waals surface area (Å²) in [5, 5.41) is 0. The first-order valence-electron chi connectivity index (χ1n) is 8.48. The molecular weight excluding hydrogens is 438 g/mol. The van der Waals surface area contributed by atoms with Gasteiger partial charge in [0, 0.05) is 0 Å². The van der Waals surface area contributed by atoms with Crippen LogP contribution in [0, 0.1) is 0 Å². The minimum Gasteiger partial charge on any atom is -1.00 e. The van der Waals surface area contributed by atoms with Crippen molar-refractivity contribution in [1.29, 1.82) is 0 Å². The molecule has 0 unspecified atom stereocenters. The molecular formula is C23H20Cl2Zr.